The molecule has 0 heterocycles. The zero-order chi connectivity index (χ0) is 13.3. The summed E-state index contributed by atoms with van der Waals surface area (Å²) in [7, 11) is 0. The highest BCUT2D eigenvalue weighted by Crippen LogP contribution is 2.48. The number of anilines is 1. The van der Waals surface area contributed by atoms with Crippen molar-refractivity contribution >= 4 is 17.6 Å². The topological polar surface area (TPSA) is 92.4 Å². The first kappa shape index (κ1) is 12.6. The molecule has 0 bridgehead atoms. The molecule has 5 heteroatoms. The summed E-state index contributed by atoms with van der Waals surface area (Å²) in [6.45, 7) is 1.60. The van der Waals surface area contributed by atoms with E-state index in [1.165, 1.54) is 0 Å². The van der Waals surface area contributed by atoms with Gasteiger partial charge in [-0.3, -0.25) is 9.59 Å². The molecule has 1 aromatic carbocycles. The highest BCUT2D eigenvalue weighted by atomic mass is 16.4. The number of nitrogens with one attached hydrogen (secondary N) is 1. The Morgan fingerprint density at radius 2 is 1.89 bits per heavy atom. The number of carboxylic acids is 1. The molecule has 0 aromatic heterocycles. The minimum absolute atomic E-state index is 0.262. The summed E-state index contributed by atoms with van der Waals surface area (Å²) < 4.78 is 0. The number of nitrogens with two attached hydrogens (primary N) is 1. The molecule has 96 valence electrons. The van der Waals surface area contributed by atoms with E-state index in [-0.39, 0.29) is 5.91 Å². The van der Waals surface area contributed by atoms with Crippen LogP contribution in [0.5, 0.6) is 0 Å². The van der Waals surface area contributed by atoms with Crippen LogP contribution >= 0.6 is 0 Å². The van der Waals surface area contributed by atoms with Crippen molar-refractivity contribution in [2.75, 3.05) is 5.32 Å². The first-order chi connectivity index (χ1) is 8.45. The molecule has 1 atom stereocenters. The molecular weight excluding hydrogens is 232 g/mol. The van der Waals surface area contributed by atoms with E-state index in [1.54, 1.807) is 31.2 Å². The highest BCUT2D eigenvalue weighted by Gasteiger charge is 2.51. The van der Waals surface area contributed by atoms with Gasteiger partial charge in [-0.25, -0.2) is 0 Å². The second-order valence-electron chi connectivity index (χ2n) is 4.74. The molecule has 4 N–H and O–H groups in total. The Hall–Kier alpha value is -1.88. The average Bonchev–Trinajstić information content (AvgIpc) is 3.11. The van der Waals surface area contributed by atoms with E-state index in [1.807, 2.05) is 0 Å². The summed E-state index contributed by atoms with van der Waals surface area (Å²) in [5.41, 5.74) is 6.15. The molecule has 18 heavy (non-hydrogen) atoms. The van der Waals surface area contributed by atoms with Crippen LogP contribution in [0.4, 0.5) is 5.69 Å². The van der Waals surface area contributed by atoms with Crippen LogP contribution < -0.4 is 11.1 Å². The summed E-state index contributed by atoms with van der Waals surface area (Å²) >= 11 is 0. The van der Waals surface area contributed by atoms with Crippen LogP contribution in [0.1, 0.15) is 25.3 Å². The average molecular weight is 248 g/mol. The van der Waals surface area contributed by atoms with Gasteiger partial charge in [0.25, 0.3) is 0 Å². The van der Waals surface area contributed by atoms with Gasteiger partial charge in [0.15, 0.2) is 0 Å². The zero-order valence-corrected chi connectivity index (χ0v) is 10.1. The smallest absolute Gasteiger partial charge is 0.314 e. The van der Waals surface area contributed by atoms with Gasteiger partial charge in [0.05, 0.1) is 11.5 Å². The second kappa shape index (κ2) is 4.42. The third kappa shape index (κ3) is 2.22. The minimum Gasteiger partial charge on any atom is -0.481 e. The number of rotatable bonds is 4. The van der Waals surface area contributed by atoms with Crippen LogP contribution in [0.15, 0.2) is 24.3 Å². The van der Waals surface area contributed by atoms with Crippen molar-refractivity contribution in [3.8, 4) is 0 Å². The summed E-state index contributed by atoms with van der Waals surface area (Å²) in [6, 6.07) is 6.34. The molecule has 1 unspecified atom stereocenters. The molecule has 1 aliphatic rings. The standard InChI is InChI=1S/C13H16N2O3/c1-8(14)11(16)15-10-4-2-9(3-5-10)13(6-7-13)12(17)18/h2-5,8H,6-7,14H2,1H3,(H,15,16)(H,17,18). The lowest BCUT2D eigenvalue weighted by Gasteiger charge is -2.12. The van der Waals surface area contributed by atoms with Gasteiger partial charge in [-0.05, 0) is 37.5 Å². The number of hydrogen-bond acceptors (Lipinski definition) is 3. The predicted molar refractivity (Wildman–Crippen MR) is 67.3 cm³/mol. The molecule has 5 nitrogen and oxygen atoms in total. The summed E-state index contributed by atoms with van der Waals surface area (Å²) in [5.74, 6) is -1.04. The Morgan fingerprint density at radius 1 is 1.33 bits per heavy atom. The highest BCUT2D eigenvalue weighted by molar-refractivity contribution is 5.94. The molecule has 1 fully saturated rings. The Labute approximate surface area is 105 Å². The summed E-state index contributed by atoms with van der Waals surface area (Å²) in [6.07, 6.45) is 1.35. The van der Waals surface area contributed by atoms with Crippen molar-refractivity contribution < 1.29 is 14.7 Å². The maximum Gasteiger partial charge on any atom is 0.314 e. The number of carboxylic acid groups (broad SMARTS) is 1. The third-order valence-corrected chi connectivity index (χ3v) is 3.28. The molecule has 1 saturated carbocycles. The molecule has 0 aliphatic heterocycles. The lowest BCUT2D eigenvalue weighted by atomic mass is 9.96. The molecular formula is C13H16N2O3. The van der Waals surface area contributed by atoms with Crippen molar-refractivity contribution in [1.82, 2.24) is 0 Å². The van der Waals surface area contributed by atoms with Crippen LogP contribution in [0.2, 0.25) is 0 Å². The fourth-order valence-electron chi connectivity index (χ4n) is 1.88. The quantitative estimate of drug-likeness (QED) is 0.743. The first-order valence-electron chi connectivity index (χ1n) is 5.86. The monoisotopic (exact) mass is 248 g/mol. The van der Waals surface area contributed by atoms with Crippen molar-refractivity contribution in [3.63, 3.8) is 0 Å². The first-order valence-corrected chi connectivity index (χ1v) is 5.86. The number of carbonyl (C=O) groups excluding carboxylic acids is 1. The van der Waals surface area contributed by atoms with Crippen molar-refractivity contribution in [3.05, 3.63) is 29.8 Å². The van der Waals surface area contributed by atoms with Gasteiger partial charge in [-0.2, -0.15) is 0 Å². The Bertz CT molecular complexity index is 476. The minimum atomic E-state index is -0.783. The largest absolute Gasteiger partial charge is 0.481 e. The van der Waals surface area contributed by atoms with Gasteiger partial charge < -0.3 is 16.2 Å². The fourth-order valence-corrected chi connectivity index (χ4v) is 1.88. The maximum absolute atomic E-state index is 11.4. The van der Waals surface area contributed by atoms with Gasteiger partial charge in [0, 0.05) is 5.69 Å². The van der Waals surface area contributed by atoms with Crippen LogP contribution in [-0.2, 0) is 15.0 Å². The molecule has 1 amide bonds. The molecule has 0 radical (unpaired) electrons. The molecule has 1 aromatic rings. The Kier molecular flexibility index (Phi) is 3.09. The van der Waals surface area contributed by atoms with Crippen molar-refractivity contribution in [2.24, 2.45) is 5.73 Å². The predicted octanol–water partition coefficient (Wildman–Crippen LogP) is 1.09. The second-order valence-corrected chi connectivity index (χ2v) is 4.74. The van der Waals surface area contributed by atoms with Crippen molar-refractivity contribution in [2.45, 2.75) is 31.2 Å². The number of amides is 1. The van der Waals surface area contributed by atoms with Crippen molar-refractivity contribution in [1.29, 1.82) is 0 Å². The van der Waals surface area contributed by atoms with Gasteiger partial charge in [0.2, 0.25) is 5.91 Å². The lowest BCUT2D eigenvalue weighted by Crippen LogP contribution is -2.32. The normalized spacial score (nSPS) is 17.9. The van der Waals surface area contributed by atoms with Gasteiger partial charge >= 0.3 is 5.97 Å². The number of carbonyl (C=O) groups is 2. The maximum atomic E-state index is 11.4. The van der Waals surface area contributed by atoms with Crippen LogP contribution in [-0.4, -0.2) is 23.0 Å². The van der Waals surface area contributed by atoms with Gasteiger partial charge in [-0.1, -0.05) is 12.1 Å². The van der Waals surface area contributed by atoms with E-state index in [2.05, 4.69) is 5.32 Å². The van der Waals surface area contributed by atoms with E-state index in [0.29, 0.717) is 18.5 Å². The van der Waals surface area contributed by atoms with E-state index >= 15 is 0 Å². The van der Waals surface area contributed by atoms with E-state index in [9.17, 15) is 9.59 Å². The number of benzene rings is 1. The SMILES string of the molecule is CC(N)C(=O)Nc1ccc(C2(C(=O)O)CC2)cc1. The van der Waals surface area contributed by atoms with Gasteiger partial charge in [0.1, 0.15) is 0 Å². The van der Waals surface area contributed by atoms with E-state index in [4.69, 9.17) is 10.8 Å². The Balaban J connectivity index is 2.11. The number of aliphatic carboxylic acids is 1. The molecule has 0 spiro atoms. The fraction of sp³-hybridized carbons (Fsp3) is 0.385. The summed E-state index contributed by atoms with van der Waals surface area (Å²) in [5, 5.41) is 11.8. The van der Waals surface area contributed by atoms with E-state index < -0.39 is 17.4 Å². The zero-order valence-electron chi connectivity index (χ0n) is 10.1. The molecule has 0 saturated heterocycles. The number of hydrogen-bond donors (Lipinski definition) is 3. The van der Waals surface area contributed by atoms with Crippen LogP contribution in [0, 0.1) is 0 Å². The van der Waals surface area contributed by atoms with E-state index in [0.717, 1.165) is 5.56 Å². The van der Waals surface area contributed by atoms with Crippen LogP contribution in [0.25, 0.3) is 0 Å². The van der Waals surface area contributed by atoms with Crippen LogP contribution in [0.3, 0.4) is 0 Å². The Morgan fingerprint density at radius 3 is 2.28 bits per heavy atom. The van der Waals surface area contributed by atoms with Gasteiger partial charge in [-0.15, -0.1) is 0 Å². The summed E-state index contributed by atoms with van der Waals surface area (Å²) in [4.78, 5) is 22.5. The lowest BCUT2D eigenvalue weighted by molar-refractivity contribution is -0.140. The molecule has 2 rings (SSSR count). The third-order valence-electron chi connectivity index (χ3n) is 3.28. The molecule has 1 aliphatic carbocycles.